The van der Waals surface area contributed by atoms with Gasteiger partial charge in [0.15, 0.2) is 11.5 Å². The lowest BCUT2D eigenvalue weighted by atomic mass is 10.0. The molecule has 2 heterocycles. The van der Waals surface area contributed by atoms with E-state index < -0.39 is 5.91 Å². The Morgan fingerprint density at radius 3 is 2.55 bits per heavy atom. The van der Waals surface area contributed by atoms with Gasteiger partial charge in [-0.25, -0.2) is 4.63 Å². The first-order valence-electron chi connectivity index (χ1n) is 10.4. The lowest BCUT2D eigenvalue weighted by Gasteiger charge is -2.06. The number of hydrogen-bond acceptors (Lipinski definition) is 6. The number of nitrogens with zero attached hydrogens (tertiary/aromatic N) is 2. The Morgan fingerprint density at radius 1 is 1.03 bits per heavy atom. The number of rotatable bonds is 7. The summed E-state index contributed by atoms with van der Waals surface area (Å²) >= 11 is 0. The third-order valence-electron chi connectivity index (χ3n) is 5.45. The Bertz CT molecular complexity index is 1220. The minimum absolute atomic E-state index is 0.234. The van der Waals surface area contributed by atoms with E-state index in [1.54, 1.807) is 0 Å². The van der Waals surface area contributed by atoms with Gasteiger partial charge >= 0.3 is 0 Å². The van der Waals surface area contributed by atoms with Crippen molar-refractivity contribution in [1.29, 1.82) is 0 Å². The van der Waals surface area contributed by atoms with Crippen LogP contribution in [-0.2, 0) is 0 Å². The van der Waals surface area contributed by atoms with Crippen LogP contribution in [0.5, 0.6) is 5.75 Å². The summed E-state index contributed by atoms with van der Waals surface area (Å²) in [6.07, 6.45) is 2.08. The summed E-state index contributed by atoms with van der Waals surface area (Å²) < 4.78 is 16.5. The maximum absolute atomic E-state index is 12.9. The van der Waals surface area contributed by atoms with Crippen molar-refractivity contribution in [2.75, 3.05) is 11.9 Å². The van der Waals surface area contributed by atoms with Crippen LogP contribution < -0.4 is 10.1 Å². The number of carbonyl (C=O) groups is 1. The van der Waals surface area contributed by atoms with Gasteiger partial charge in [0.25, 0.3) is 5.91 Å². The van der Waals surface area contributed by atoms with Gasteiger partial charge < -0.3 is 9.15 Å². The van der Waals surface area contributed by atoms with Crippen molar-refractivity contribution >= 4 is 22.7 Å². The minimum Gasteiger partial charge on any atom is -0.494 e. The molecule has 31 heavy (non-hydrogen) atoms. The van der Waals surface area contributed by atoms with Crippen LogP contribution in [-0.4, -0.2) is 22.8 Å². The van der Waals surface area contributed by atoms with E-state index in [9.17, 15) is 4.79 Å². The molecule has 0 radical (unpaired) electrons. The highest BCUT2D eigenvalue weighted by Crippen LogP contribution is 2.31. The maximum atomic E-state index is 12.9. The second-order valence-electron chi connectivity index (χ2n) is 7.58. The molecule has 0 unspecified atom stereocenters. The average molecular weight is 419 g/mol. The van der Waals surface area contributed by atoms with E-state index >= 15 is 0 Å². The van der Waals surface area contributed by atoms with Crippen LogP contribution in [0.2, 0.25) is 0 Å². The predicted molar refractivity (Wildman–Crippen MR) is 119 cm³/mol. The molecule has 1 amide bonds. The summed E-state index contributed by atoms with van der Waals surface area (Å²) in [5.74, 6) is 0.861. The Hall–Kier alpha value is -3.61. The Balaban J connectivity index is 1.56. The summed E-state index contributed by atoms with van der Waals surface area (Å²) in [6, 6.07) is 11.4. The second-order valence-corrected chi connectivity index (χ2v) is 7.58. The third-order valence-corrected chi connectivity index (χ3v) is 5.45. The molecule has 2 aromatic heterocycles. The molecule has 160 valence electrons. The van der Waals surface area contributed by atoms with Crippen LogP contribution in [0, 0.1) is 20.8 Å². The molecule has 0 bridgehead atoms. The monoisotopic (exact) mass is 419 g/mol. The molecule has 4 aromatic rings. The number of hydrogen-bond donors (Lipinski definition) is 1. The van der Waals surface area contributed by atoms with Gasteiger partial charge in [-0.1, -0.05) is 25.5 Å². The summed E-state index contributed by atoms with van der Waals surface area (Å²) in [7, 11) is 0. The van der Waals surface area contributed by atoms with Crippen molar-refractivity contribution in [3.05, 3.63) is 58.8 Å². The molecular formula is C24H25N3O4. The molecule has 0 saturated heterocycles. The van der Waals surface area contributed by atoms with Crippen molar-refractivity contribution in [3.8, 4) is 17.0 Å². The lowest BCUT2D eigenvalue weighted by molar-refractivity contribution is 0.0997. The minimum atomic E-state index is -0.401. The third kappa shape index (κ3) is 4.03. The molecule has 0 aliphatic heterocycles. The zero-order valence-corrected chi connectivity index (χ0v) is 18.1. The van der Waals surface area contributed by atoms with Gasteiger partial charge in [0.05, 0.1) is 6.61 Å². The second kappa shape index (κ2) is 8.63. The zero-order valence-electron chi connectivity index (χ0n) is 18.1. The van der Waals surface area contributed by atoms with Gasteiger partial charge in [-0.2, -0.15) is 0 Å². The number of amides is 1. The zero-order chi connectivity index (χ0) is 22.0. The van der Waals surface area contributed by atoms with E-state index in [-0.39, 0.29) is 11.6 Å². The summed E-state index contributed by atoms with van der Waals surface area (Å²) in [6.45, 7) is 8.67. The Morgan fingerprint density at radius 2 is 1.81 bits per heavy atom. The van der Waals surface area contributed by atoms with Crippen molar-refractivity contribution in [1.82, 2.24) is 10.3 Å². The lowest BCUT2D eigenvalue weighted by Crippen LogP contribution is -2.13. The fourth-order valence-electron chi connectivity index (χ4n) is 3.40. The van der Waals surface area contributed by atoms with E-state index in [0.717, 1.165) is 51.8 Å². The van der Waals surface area contributed by atoms with Crippen LogP contribution in [0.15, 0.2) is 45.4 Å². The number of furan rings is 1. The highest BCUT2D eigenvalue weighted by molar-refractivity contribution is 6.07. The number of aromatic nitrogens is 2. The van der Waals surface area contributed by atoms with Crippen LogP contribution in [0.1, 0.15) is 47.0 Å². The van der Waals surface area contributed by atoms with Gasteiger partial charge in [0.2, 0.25) is 5.82 Å². The highest BCUT2D eigenvalue weighted by Gasteiger charge is 2.22. The number of ether oxygens (including phenoxy) is 1. The number of unbranched alkanes of at least 4 members (excludes halogenated alkanes) is 1. The van der Waals surface area contributed by atoms with Crippen molar-refractivity contribution in [2.45, 2.75) is 40.5 Å². The molecule has 0 aliphatic rings. The number of fused-ring (bicyclic) bond motifs is 1. The molecule has 1 N–H and O–H groups in total. The first-order chi connectivity index (χ1) is 15.0. The van der Waals surface area contributed by atoms with E-state index in [0.29, 0.717) is 12.3 Å². The summed E-state index contributed by atoms with van der Waals surface area (Å²) in [4.78, 5) is 12.9. The molecule has 4 rings (SSSR count). The fraction of sp³-hybridized carbons (Fsp3) is 0.292. The Kier molecular flexibility index (Phi) is 5.75. The van der Waals surface area contributed by atoms with Gasteiger partial charge in [0, 0.05) is 16.5 Å². The molecule has 2 aromatic carbocycles. The van der Waals surface area contributed by atoms with E-state index in [1.165, 1.54) is 0 Å². The SMILES string of the molecule is CCCCOc1ccc(-c2nonc2NC(=O)c2oc3c(C)c(C)ccc3c2C)cc1. The number of benzene rings is 2. The van der Waals surface area contributed by atoms with E-state index in [4.69, 9.17) is 13.8 Å². The first kappa shape index (κ1) is 20.7. The molecule has 0 fully saturated rings. The van der Waals surface area contributed by atoms with E-state index in [2.05, 4.69) is 22.6 Å². The Labute approximate surface area is 180 Å². The van der Waals surface area contributed by atoms with Gasteiger partial charge in [0.1, 0.15) is 11.3 Å². The van der Waals surface area contributed by atoms with Gasteiger partial charge in [-0.15, -0.1) is 0 Å². The summed E-state index contributed by atoms with van der Waals surface area (Å²) in [5, 5.41) is 11.5. The summed E-state index contributed by atoms with van der Waals surface area (Å²) in [5.41, 5.74) is 4.83. The number of nitrogens with one attached hydrogen (secondary N) is 1. The smallest absolute Gasteiger partial charge is 0.292 e. The normalized spacial score (nSPS) is 11.1. The largest absolute Gasteiger partial charge is 0.494 e. The van der Waals surface area contributed by atoms with Crippen LogP contribution in [0.25, 0.3) is 22.2 Å². The first-order valence-corrected chi connectivity index (χ1v) is 10.4. The van der Waals surface area contributed by atoms with E-state index in [1.807, 2.05) is 57.2 Å². The van der Waals surface area contributed by atoms with Crippen LogP contribution in [0.4, 0.5) is 5.82 Å². The topological polar surface area (TPSA) is 90.4 Å². The fourth-order valence-corrected chi connectivity index (χ4v) is 3.40. The molecular weight excluding hydrogens is 394 g/mol. The highest BCUT2D eigenvalue weighted by atomic mass is 16.6. The van der Waals surface area contributed by atoms with Crippen molar-refractivity contribution < 1.29 is 18.6 Å². The number of carbonyl (C=O) groups excluding carboxylic acids is 1. The van der Waals surface area contributed by atoms with Gasteiger partial charge in [-0.05, 0) is 72.9 Å². The standard InChI is InChI=1S/C24H25N3O4/c1-5-6-13-29-18-10-8-17(9-11-18)20-23(27-31-26-20)25-24(28)22-16(4)19-12-7-14(2)15(3)21(19)30-22/h7-12H,5-6,13H2,1-4H3,(H,25,27,28). The molecule has 0 spiro atoms. The van der Waals surface area contributed by atoms with Gasteiger partial charge in [-0.3, -0.25) is 10.1 Å². The van der Waals surface area contributed by atoms with Crippen molar-refractivity contribution in [3.63, 3.8) is 0 Å². The molecule has 0 saturated carbocycles. The quantitative estimate of drug-likeness (QED) is 0.379. The molecule has 0 aliphatic carbocycles. The van der Waals surface area contributed by atoms with Crippen molar-refractivity contribution in [2.24, 2.45) is 0 Å². The molecule has 7 nitrogen and oxygen atoms in total. The average Bonchev–Trinajstić information content (AvgIpc) is 3.36. The number of aryl methyl sites for hydroxylation is 3. The van der Waals surface area contributed by atoms with Crippen LogP contribution in [0.3, 0.4) is 0 Å². The molecule has 7 heteroatoms. The molecule has 0 atom stereocenters. The number of anilines is 1. The predicted octanol–water partition coefficient (Wildman–Crippen LogP) is 5.84. The van der Waals surface area contributed by atoms with Crippen LogP contribution >= 0.6 is 0 Å². The maximum Gasteiger partial charge on any atom is 0.292 e.